The zero-order valence-corrected chi connectivity index (χ0v) is 15.3. The van der Waals surface area contributed by atoms with Crippen LogP contribution in [0.1, 0.15) is 20.8 Å². The van der Waals surface area contributed by atoms with Gasteiger partial charge >= 0.3 is 0 Å². The molecule has 1 saturated heterocycles. The second-order valence-corrected chi connectivity index (χ2v) is 8.95. The number of carbonyl (C=O) groups excluding carboxylic acids is 1. The fourth-order valence-corrected chi connectivity index (χ4v) is 3.43. The van der Waals surface area contributed by atoms with Crippen molar-refractivity contribution in [2.24, 2.45) is 4.99 Å². The maximum absolute atomic E-state index is 11.7. The number of hydrogen-bond acceptors (Lipinski definition) is 5. The number of aliphatic imine (C=N–C) groups is 1. The molecule has 0 bridgehead atoms. The van der Waals surface area contributed by atoms with E-state index in [1.54, 1.807) is 7.05 Å². The number of sulfone groups is 1. The summed E-state index contributed by atoms with van der Waals surface area (Å²) < 4.78 is 22.7. The van der Waals surface area contributed by atoms with E-state index in [0.717, 1.165) is 6.54 Å². The van der Waals surface area contributed by atoms with Crippen LogP contribution in [0.2, 0.25) is 0 Å². The molecule has 1 aliphatic rings. The molecular weight excluding hydrogens is 318 g/mol. The third-order valence-electron chi connectivity index (χ3n) is 3.31. The van der Waals surface area contributed by atoms with E-state index < -0.39 is 9.84 Å². The lowest BCUT2D eigenvalue weighted by atomic mass is 10.1. The summed E-state index contributed by atoms with van der Waals surface area (Å²) in [6, 6.07) is 0. The Morgan fingerprint density at radius 3 is 2.30 bits per heavy atom. The lowest BCUT2D eigenvalue weighted by molar-refractivity contribution is -0.121. The molecule has 0 aromatic carbocycles. The molecule has 0 saturated carbocycles. The van der Waals surface area contributed by atoms with Crippen LogP contribution in [0.15, 0.2) is 4.99 Å². The molecule has 1 rings (SSSR count). The average molecular weight is 347 g/mol. The molecular formula is C14H29N5O3S. The third kappa shape index (κ3) is 8.75. The van der Waals surface area contributed by atoms with Crippen LogP contribution in [0.3, 0.4) is 0 Å². The summed E-state index contributed by atoms with van der Waals surface area (Å²) in [6.45, 7) is 8.46. The summed E-state index contributed by atoms with van der Waals surface area (Å²) in [5.74, 6) is 0.917. The van der Waals surface area contributed by atoms with Crippen molar-refractivity contribution < 1.29 is 13.2 Å². The van der Waals surface area contributed by atoms with Gasteiger partial charge in [-0.3, -0.25) is 14.7 Å². The van der Waals surface area contributed by atoms with Crippen molar-refractivity contribution in [1.82, 2.24) is 20.9 Å². The highest BCUT2D eigenvalue weighted by Gasteiger charge is 2.21. The van der Waals surface area contributed by atoms with Crippen molar-refractivity contribution in [1.29, 1.82) is 0 Å². The van der Waals surface area contributed by atoms with E-state index in [4.69, 9.17) is 0 Å². The zero-order valence-electron chi connectivity index (χ0n) is 14.5. The smallest absolute Gasteiger partial charge is 0.239 e. The summed E-state index contributed by atoms with van der Waals surface area (Å²) in [5, 5.41) is 8.94. The molecule has 0 aromatic rings. The first kappa shape index (κ1) is 19.7. The van der Waals surface area contributed by atoms with Crippen molar-refractivity contribution in [3.8, 4) is 0 Å². The van der Waals surface area contributed by atoms with Gasteiger partial charge in [0, 0.05) is 38.8 Å². The molecule has 0 radical (unpaired) electrons. The van der Waals surface area contributed by atoms with Crippen molar-refractivity contribution in [3.63, 3.8) is 0 Å². The van der Waals surface area contributed by atoms with Gasteiger partial charge in [0.25, 0.3) is 0 Å². The Labute approximate surface area is 139 Å². The minimum atomic E-state index is -2.84. The number of carbonyl (C=O) groups is 1. The maximum atomic E-state index is 11.7. The number of nitrogens with zero attached hydrogens (tertiary/aromatic N) is 2. The first-order valence-corrected chi connectivity index (χ1v) is 9.62. The van der Waals surface area contributed by atoms with Crippen molar-refractivity contribution >= 4 is 21.7 Å². The van der Waals surface area contributed by atoms with Gasteiger partial charge in [0.15, 0.2) is 15.8 Å². The van der Waals surface area contributed by atoms with E-state index in [1.165, 1.54) is 0 Å². The summed E-state index contributed by atoms with van der Waals surface area (Å²) in [5.41, 5.74) is -0.260. The molecule has 1 amide bonds. The van der Waals surface area contributed by atoms with Crippen molar-refractivity contribution in [2.45, 2.75) is 26.3 Å². The van der Waals surface area contributed by atoms with Crippen LogP contribution in [0.4, 0.5) is 0 Å². The molecule has 0 atom stereocenters. The predicted molar refractivity (Wildman–Crippen MR) is 92.4 cm³/mol. The summed E-state index contributed by atoms with van der Waals surface area (Å²) in [6.07, 6.45) is 0. The number of nitrogens with one attached hydrogen (secondary N) is 3. The molecule has 23 heavy (non-hydrogen) atoms. The highest BCUT2D eigenvalue weighted by atomic mass is 32.2. The maximum Gasteiger partial charge on any atom is 0.239 e. The van der Waals surface area contributed by atoms with Crippen LogP contribution in [0, 0.1) is 0 Å². The molecule has 3 N–H and O–H groups in total. The van der Waals surface area contributed by atoms with Gasteiger partial charge in [-0.2, -0.15) is 0 Å². The topological polar surface area (TPSA) is 103 Å². The SMILES string of the molecule is CN=C(NCCN1CCS(=O)(=O)CC1)NCC(=O)NC(C)(C)C. The van der Waals surface area contributed by atoms with Gasteiger partial charge in [0.2, 0.25) is 5.91 Å². The Morgan fingerprint density at radius 2 is 1.78 bits per heavy atom. The molecule has 1 aliphatic heterocycles. The van der Waals surface area contributed by atoms with E-state index in [2.05, 4.69) is 25.8 Å². The number of guanidine groups is 1. The lowest BCUT2D eigenvalue weighted by Gasteiger charge is -2.26. The predicted octanol–water partition coefficient (Wildman–Crippen LogP) is -1.20. The van der Waals surface area contributed by atoms with Crippen molar-refractivity contribution in [2.75, 3.05) is 51.3 Å². The highest BCUT2D eigenvalue weighted by Crippen LogP contribution is 2.02. The fourth-order valence-electron chi connectivity index (χ4n) is 2.15. The third-order valence-corrected chi connectivity index (χ3v) is 4.92. The van der Waals surface area contributed by atoms with Gasteiger partial charge in [-0.15, -0.1) is 0 Å². The Hall–Kier alpha value is -1.35. The monoisotopic (exact) mass is 347 g/mol. The van der Waals surface area contributed by atoms with Crippen LogP contribution in [0.25, 0.3) is 0 Å². The van der Waals surface area contributed by atoms with Gasteiger partial charge in [0.05, 0.1) is 18.1 Å². The Bertz CT molecular complexity index is 511. The van der Waals surface area contributed by atoms with Crippen molar-refractivity contribution in [3.05, 3.63) is 0 Å². The molecule has 0 aliphatic carbocycles. The van der Waals surface area contributed by atoms with Crippen LogP contribution in [-0.4, -0.2) is 82.0 Å². The van der Waals surface area contributed by atoms with Gasteiger partial charge < -0.3 is 16.0 Å². The molecule has 1 fully saturated rings. The Morgan fingerprint density at radius 1 is 1.17 bits per heavy atom. The van der Waals surface area contributed by atoms with Gasteiger partial charge in [-0.1, -0.05) is 0 Å². The number of amides is 1. The van der Waals surface area contributed by atoms with E-state index >= 15 is 0 Å². The van der Waals surface area contributed by atoms with Crippen LogP contribution in [0.5, 0.6) is 0 Å². The number of rotatable bonds is 5. The normalized spacial score (nSPS) is 19.2. The first-order valence-electron chi connectivity index (χ1n) is 7.79. The molecule has 9 heteroatoms. The zero-order chi connectivity index (χ0) is 17.5. The molecule has 1 heterocycles. The van der Waals surface area contributed by atoms with Gasteiger partial charge in [0.1, 0.15) is 0 Å². The fraction of sp³-hybridized carbons (Fsp3) is 0.857. The summed E-state index contributed by atoms with van der Waals surface area (Å²) in [7, 11) is -1.19. The summed E-state index contributed by atoms with van der Waals surface area (Å²) >= 11 is 0. The largest absolute Gasteiger partial charge is 0.355 e. The minimum Gasteiger partial charge on any atom is -0.355 e. The van der Waals surface area contributed by atoms with E-state index in [1.807, 2.05) is 20.8 Å². The summed E-state index contributed by atoms with van der Waals surface area (Å²) in [4.78, 5) is 17.9. The molecule has 0 spiro atoms. The second kappa shape index (κ2) is 8.49. The lowest BCUT2D eigenvalue weighted by Crippen LogP contribution is -2.49. The molecule has 8 nitrogen and oxygen atoms in total. The standard InChI is InChI=1S/C14H29N5O3S/c1-14(2,3)18-12(20)11-17-13(15-4)16-5-6-19-7-9-23(21,22)10-8-19/h5-11H2,1-4H3,(H,18,20)(H2,15,16,17). The van der Waals surface area contributed by atoms with Crippen LogP contribution in [-0.2, 0) is 14.6 Å². The Kier molecular flexibility index (Phi) is 7.27. The number of hydrogen-bond donors (Lipinski definition) is 3. The Balaban J connectivity index is 2.23. The van der Waals surface area contributed by atoms with E-state index in [-0.39, 0.29) is 29.5 Å². The quantitative estimate of drug-likeness (QED) is 0.426. The molecule has 0 unspecified atom stereocenters. The average Bonchev–Trinajstić information content (AvgIpc) is 2.42. The minimum absolute atomic E-state index is 0.0957. The highest BCUT2D eigenvalue weighted by molar-refractivity contribution is 7.91. The van der Waals surface area contributed by atoms with E-state index in [0.29, 0.717) is 25.6 Å². The van der Waals surface area contributed by atoms with Gasteiger partial charge in [-0.25, -0.2) is 8.42 Å². The van der Waals surface area contributed by atoms with E-state index in [9.17, 15) is 13.2 Å². The second-order valence-electron chi connectivity index (χ2n) is 6.64. The molecule has 0 aromatic heterocycles. The van der Waals surface area contributed by atoms with Crippen LogP contribution < -0.4 is 16.0 Å². The first-order chi connectivity index (χ1) is 10.6. The molecule has 134 valence electrons. The van der Waals surface area contributed by atoms with Gasteiger partial charge in [-0.05, 0) is 20.8 Å². The van der Waals surface area contributed by atoms with Crippen LogP contribution >= 0.6 is 0 Å².